The molecule has 1 aliphatic heterocycles. The molecule has 0 bridgehead atoms. The molecule has 1 aliphatic rings. The maximum atomic E-state index is 12.7. The molecule has 1 aromatic carbocycles. The lowest BCUT2D eigenvalue weighted by Gasteiger charge is -2.42. The minimum Gasteiger partial charge on any atom is -0.338 e. The van der Waals surface area contributed by atoms with Crippen LogP contribution in [0.3, 0.4) is 0 Å². The van der Waals surface area contributed by atoms with Gasteiger partial charge in [-0.2, -0.15) is 0 Å². The van der Waals surface area contributed by atoms with E-state index in [1.54, 1.807) is 24.3 Å². The Morgan fingerprint density at radius 2 is 1.88 bits per heavy atom. The van der Waals surface area contributed by atoms with Gasteiger partial charge in [0.15, 0.2) is 0 Å². The molecule has 6 heteroatoms. The molecule has 1 atom stereocenters. The Bertz CT molecular complexity index is 596. The number of benzene rings is 1. The highest BCUT2D eigenvalue weighted by Crippen LogP contribution is 2.28. The number of hydrogen-bond acceptors (Lipinski definition) is 3. The monoisotopic (exact) mass is 332 g/mol. The zero-order valence-electron chi connectivity index (χ0n) is 14.9. The third-order valence-electron chi connectivity index (χ3n) is 4.41. The van der Waals surface area contributed by atoms with Gasteiger partial charge in [0.25, 0.3) is 5.91 Å². The van der Waals surface area contributed by atoms with Crippen LogP contribution in [0.25, 0.3) is 0 Å². The lowest BCUT2D eigenvalue weighted by atomic mass is 9.79. The summed E-state index contributed by atoms with van der Waals surface area (Å²) in [5.74, 6) is 0.00755. The molecule has 0 spiro atoms. The van der Waals surface area contributed by atoms with E-state index in [1.807, 2.05) is 18.7 Å². The first-order valence-corrected chi connectivity index (χ1v) is 8.41. The van der Waals surface area contributed by atoms with E-state index < -0.39 is 0 Å². The average Bonchev–Trinajstić information content (AvgIpc) is 2.49. The largest absolute Gasteiger partial charge is 0.338 e. The standard InChI is InChI=1S/C18H28N4O2/c1-12(2)20-17(24)21-14-7-5-13(6-8-14)16(23)22-10-9-15(19)18(3,4)11-22/h5-8,12,15H,9-11,19H2,1-4H3,(H2,20,21,24). The van der Waals surface area contributed by atoms with Crippen LogP contribution in [-0.4, -0.2) is 42.0 Å². The smallest absolute Gasteiger partial charge is 0.319 e. The fraction of sp³-hybridized carbons (Fsp3) is 0.556. The number of nitrogens with two attached hydrogens (primary N) is 1. The molecular weight excluding hydrogens is 304 g/mol. The van der Waals surface area contributed by atoms with Gasteiger partial charge in [0, 0.05) is 36.4 Å². The average molecular weight is 332 g/mol. The molecule has 1 aromatic rings. The lowest BCUT2D eigenvalue weighted by molar-refractivity contribution is 0.0533. The number of hydrogen-bond donors (Lipinski definition) is 3. The van der Waals surface area contributed by atoms with Crippen LogP contribution in [0.4, 0.5) is 10.5 Å². The van der Waals surface area contributed by atoms with Gasteiger partial charge in [-0.1, -0.05) is 13.8 Å². The highest BCUT2D eigenvalue weighted by molar-refractivity contribution is 5.95. The Hall–Kier alpha value is -2.08. The van der Waals surface area contributed by atoms with Gasteiger partial charge in [0.1, 0.15) is 0 Å². The van der Waals surface area contributed by atoms with E-state index in [1.165, 1.54) is 0 Å². The second-order valence-corrected chi connectivity index (χ2v) is 7.44. The molecule has 24 heavy (non-hydrogen) atoms. The predicted molar refractivity (Wildman–Crippen MR) is 96.0 cm³/mol. The fourth-order valence-electron chi connectivity index (χ4n) is 2.86. The second-order valence-electron chi connectivity index (χ2n) is 7.44. The molecule has 132 valence electrons. The van der Waals surface area contributed by atoms with Crippen molar-refractivity contribution in [1.82, 2.24) is 10.2 Å². The molecule has 1 unspecified atom stereocenters. The molecule has 0 saturated carbocycles. The number of anilines is 1. The zero-order chi connectivity index (χ0) is 17.9. The van der Waals surface area contributed by atoms with Gasteiger partial charge in [-0.25, -0.2) is 4.79 Å². The maximum Gasteiger partial charge on any atom is 0.319 e. The number of likely N-dealkylation sites (tertiary alicyclic amines) is 1. The molecule has 1 heterocycles. The molecule has 0 aliphatic carbocycles. The summed E-state index contributed by atoms with van der Waals surface area (Å²) in [7, 11) is 0. The maximum absolute atomic E-state index is 12.7. The van der Waals surface area contributed by atoms with Crippen LogP contribution in [0.2, 0.25) is 0 Å². The Balaban J connectivity index is 2.00. The van der Waals surface area contributed by atoms with E-state index in [-0.39, 0.29) is 29.4 Å². The van der Waals surface area contributed by atoms with E-state index in [2.05, 4.69) is 24.5 Å². The summed E-state index contributed by atoms with van der Waals surface area (Å²) < 4.78 is 0. The minimum atomic E-state index is -0.254. The van der Waals surface area contributed by atoms with Crippen LogP contribution in [0, 0.1) is 5.41 Å². The first-order chi connectivity index (χ1) is 11.2. The number of carbonyl (C=O) groups excluding carboxylic acids is 2. The molecule has 3 amide bonds. The van der Waals surface area contributed by atoms with E-state index in [4.69, 9.17) is 5.73 Å². The number of amides is 3. The lowest BCUT2D eigenvalue weighted by Crippen LogP contribution is -2.53. The summed E-state index contributed by atoms with van der Waals surface area (Å²) in [6.45, 7) is 9.32. The van der Waals surface area contributed by atoms with Gasteiger partial charge in [-0.15, -0.1) is 0 Å². The fourth-order valence-corrected chi connectivity index (χ4v) is 2.86. The van der Waals surface area contributed by atoms with Gasteiger partial charge in [-0.05, 0) is 49.9 Å². The summed E-state index contributed by atoms with van der Waals surface area (Å²) in [4.78, 5) is 26.2. The Labute approximate surface area is 143 Å². The molecular formula is C18H28N4O2. The van der Waals surface area contributed by atoms with Gasteiger partial charge in [0.2, 0.25) is 0 Å². The summed E-state index contributed by atoms with van der Waals surface area (Å²) in [5, 5.41) is 5.50. The molecule has 1 saturated heterocycles. The number of urea groups is 1. The summed E-state index contributed by atoms with van der Waals surface area (Å²) in [5.41, 5.74) is 7.33. The molecule has 0 aromatic heterocycles. The molecule has 2 rings (SSSR count). The van der Waals surface area contributed by atoms with Crippen LogP contribution in [0.1, 0.15) is 44.5 Å². The molecule has 1 fully saturated rings. The normalized spacial score (nSPS) is 19.9. The molecule has 0 radical (unpaired) electrons. The van der Waals surface area contributed by atoms with Crippen molar-refractivity contribution in [2.75, 3.05) is 18.4 Å². The van der Waals surface area contributed by atoms with Crippen LogP contribution < -0.4 is 16.4 Å². The number of carbonyl (C=O) groups is 2. The highest BCUT2D eigenvalue weighted by Gasteiger charge is 2.35. The number of nitrogens with one attached hydrogen (secondary N) is 2. The minimum absolute atomic E-state index is 0.00755. The van der Waals surface area contributed by atoms with Crippen molar-refractivity contribution in [1.29, 1.82) is 0 Å². The number of piperidine rings is 1. The van der Waals surface area contributed by atoms with Crippen molar-refractivity contribution in [3.05, 3.63) is 29.8 Å². The molecule has 6 nitrogen and oxygen atoms in total. The quantitative estimate of drug-likeness (QED) is 0.794. The van der Waals surface area contributed by atoms with E-state index in [0.717, 1.165) is 6.42 Å². The summed E-state index contributed by atoms with van der Waals surface area (Å²) in [6.07, 6.45) is 0.813. The van der Waals surface area contributed by atoms with Crippen LogP contribution in [-0.2, 0) is 0 Å². The SMILES string of the molecule is CC(C)NC(=O)Nc1ccc(C(=O)N2CCC(N)C(C)(C)C2)cc1. The van der Waals surface area contributed by atoms with Crippen LogP contribution in [0.15, 0.2) is 24.3 Å². The van der Waals surface area contributed by atoms with Crippen LogP contribution >= 0.6 is 0 Å². The van der Waals surface area contributed by atoms with E-state index in [0.29, 0.717) is 24.3 Å². The Morgan fingerprint density at radius 1 is 1.25 bits per heavy atom. The van der Waals surface area contributed by atoms with Gasteiger partial charge < -0.3 is 21.3 Å². The summed E-state index contributed by atoms with van der Waals surface area (Å²) in [6, 6.07) is 6.91. The van der Waals surface area contributed by atoms with Gasteiger partial charge in [0.05, 0.1) is 0 Å². The first kappa shape index (κ1) is 18.3. The van der Waals surface area contributed by atoms with E-state index >= 15 is 0 Å². The third kappa shape index (κ3) is 4.47. The van der Waals surface area contributed by atoms with Crippen molar-refractivity contribution in [3.8, 4) is 0 Å². The van der Waals surface area contributed by atoms with E-state index in [9.17, 15) is 9.59 Å². The number of rotatable bonds is 3. The number of nitrogens with zero attached hydrogens (tertiary/aromatic N) is 1. The summed E-state index contributed by atoms with van der Waals surface area (Å²) >= 11 is 0. The van der Waals surface area contributed by atoms with Crippen molar-refractivity contribution < 1.29 is 9.59 Å². The first-order valence-electron chi connectivity index (χ1n) is 8.41. The molecule has 4 N–H and O–H groups in total. The van der Waals surface area contributed by atoms with Gasteiger partial charge >= 0.3 is 6.03 Å². The van der Waals surface area contributed by atoms with Crippen molar-refractivity contribution >= 4 is 17.6 Å². The van der Waals surface area contributed by atoms with Crippen molar-refractivity contribution in [2.24, 2.45) is 11.1 Å². The third-order valence-corrected chi connectivity index (χ3v) is 4.41. The Morgan fingerprint density at radius 3 is 2.42 bits per heavy atom. The highest BCUT2D eigenvalue weighted by atomic mass is 16.2. The zero-order valence-corrected chi connectivity index (χ0v) is 14.9. The second kappa shape index (κ2) is 7.21. The van der Waals surface area contributed by atoms with Crippen molar-refractivity contribution in [2.45, 2.75) is 46.2 Å². The topological polar surface area (TPSA) is 87.5 Å². The Kier molecular flexibility index (Phi) is 5.49. The predicted octanol–water partition coefficient (Wildman–Crippen LogP) is 2.42. The van der Waals surface area contributed by atoms with Crippen molar-refractivity contribution in [3.63, 3.8) is 0 Å². The van der Waals surface area contributed by atoms with Gasteiger partial charge in [-0.3, -0.25) is 4.79 Å². The van der Waals surface area contributed by atoms with Crippen LogP contribution in [0.5, 0.6) is 0 Å².